The zero-order valence-corrected chi connectivity index (χ0v) is 11.3. The van der Waals surface area contributed by atoms with Crippen LogP contribution in [0.25, 0.3) is 0 Å². The molecule has 0 saturated heterocycles. The summed E-state index contributed by atoms with van der Waals surface area (Å²) in [6, 6.07) is 16.6. The molecule has 0 unspecified atom stereocenters. The van der Waals surface area contributed by atoms with Crippen LogP contribution < -0.4 is 0 Å². The molecule has 0 fully saturated rings. The Morgan fingerprint density at radius 1 is 0.667 bits per heavy atom. The average Bonchev–Trinajstić information content (AvgIpc) is 2.24. The van der Waals surface area contributed by atoms with Gasteiger partial charge in [-0.15, -0.1) is 0 Å². The molecule has 2 heteroatoms. The first kappa shape index (κ1) is 10.9. The van der Waals surface area contributed by atoms with Crippen LogP contribution in [0.1, 0.15) is 11.1 Å². The van der Waals surface area contributed by atoms with E-state index in [9.17, 15) is 0 Å². The van der Waals surface area contributed by atoms with Crippen LogP contribution in [-0.4, -0.2) is 0 Å². The lowest BCUT2D eigenvalue weighted by atomic mass is 10.1. The second-order valence-electron chi connectivity index (χ2n) is 3.36. The van der Waals surface area contributed by atoms with Gasteiger partial charge in [-0.1, -0.05) is 68.3 Å². The van der Waals surface area contributed by atoms with Crippen molar-refractivity contribution in [2.45, 2.75) is 6.42 Å². The van der Waals surface area contributed by atoms with Crippen molar-refractivity contribution in [3.05, 3.63) is 68.6 Å². The highest BCUT2D eigenvalue weighted by atomic mass is 79.9. The molecule has 0 heterocycles. The van der Waals surface area contributed by atoms with Crippen LogP contribution in [0.2, 0.25) is 0 Å². The van der Waals surface area contributed by atoms with Crippen molar-refractivity contribution in [1.29, 1.82) is 0 Å². The van der Waals surface area contributed by atoms with E-state index in [4.69, 9.17) is 0 Å². The molecule has 0 bridgehead atoms. The first-order valence-corrected chi connectivity index (χ1v) is 6.33. The predicted octanol–water partition coefficient (Wildman–Crippen LogP) is 4.80. The van der Waals surface area contributed by atoms with E-state index in [0.717, 1.165) is 6.42 Å². The van der Waals surface area contributed by atoms with Gasteiger partial charge in [-0.2, -0.15) is 0 Å². The van der Waals surface area contributed by atoms with Gasteiger partial charge in [0, 0.05) is 8.95 Å². The fourth-order valence-corrected chi connectivity index (χ4v) is 2.34. The molecule has 0 aromatic heterocycles. The topological polar surface area (TPSA) is 0 Å². The van der Waals surface area contributed by atoms with Crippen molar-refractivity contribution >= 4 is 31.9 Å². The maximum absolute atomic E-state index is 3.56. The van der Waals surface area contributed by atoms with Gasteiger partial charge in [-0.3, -0.25) is 0 Å². The summed E-state index contributed by atoms with van der Waals surface area (Å²) in [5, 5.41) is 0. The standard InChI is InChI=1S/C13H10Br2/c14-12-7-3-1-5-10(12)9-11-6-2-4-8-13(11)15/h1-8H,9H2. The number of halogens is 2. The third-order valence-corrected chi connectivity index (χ3v) is 3.84. The van der Waals surface area contributed by atoms with E-state index in [1.165, 1.54) is 20.1 Å². The first-order chi connectivity index (χ1) is 7.27. The zero-order valence-electron chi connectivity index (χ0n) is 8.08. The summed E-state index contributed by atoms with van der Waals surface area (Å²) < 4.78 is 2.33. The van der Waals surface area contributed by atoms with Gasteiger partial charge in [0.25, 0.3) is 0 Å². The molecule has 2 aromatic carbocycles. The fraction of sp³-hybridized carbons (Fsp3) is 0.0769. The molecule has 0 spiro atoms. The van der Waals surface area contributed by atoms with Crippen molar-refractivity contribution in [3.8, 4) is 0 Å². The van der Waals surface area contributed by atoms with E-state index < -0.39 is 0 Å². The van der Waals surface area contributed by atoms with Crippen molar-refractivity contribution in [3.63, 3.8) is 0 Å². The van der Waals surface area contributed by atoms with Crippen LogP contribution in [0.3, 0.4) is 0 Å². The Kier molecular flexibility index (Phi) is 3.60. The van der Waals surface area contributed by atoms with Gasteiger partial charge in [-0.05, 0) is 29.7 Å². The third kappa shape index (κ3) is 2.70. The van der Waals surface area contributed by atoms with Crippen molar-refractivity contribution in [2.75, 3.05) is 0 Å². The molecule has 0 nitrogen and oxygen atoms in total. The lowest BCUT2D eigenvalue weighted by Crippen LogP contribution is -1.90. The van der Waals surface area contributed by atoms with Gasteiger partial charge in [-0.25, -0.2) is 0 Å². The normalized spacial score (nSPS) is 10.3. The molecule has 0 atom stereocenters. The van der Waals surface area contributed by atoms with Crippen molar-refractivity contribution < 1.29 is 0 Å². The molecule has 15 heavy (non-hydrogen) atoms. The van der Waals surface area contributed by atoms with Crippen LogP contribution in [0.15, 0.2) is 57.5 Å². The predicted molar refractivity (Wildman–Crippen MR) is 71.1 cm³/mol. The summed E-state index contributed by atoms with van der Waals surface area (Å²) >= 11 is 7.13. The van der Waals surface area contributed by atoms with Gasteiger partial charge in [0.1, 0.15) is 0 Å². The zero-order chi connectivity index (χ0) is 10.7. The molecule has 0 aliphatic rings. The van der Waals surface area contributed by atoms with Crippen LogP contribution in [0.4, 0.5) is 0 Å². The van der Waals surface area contributed by atoms with Crippen LogP contribution in [0, 0.1) is 0 Å². The van der Waals surface area contributed by atoms with Crippen molar-refractivity contribution in [1.82, 2.24) is 0 Å². The van der Waals surface area contributed by atoms with E-state index in [1.807, 2.05) is 12.1 Å². The molecular weight excluding hydrogens is 316 g/mol. The summed E-state index contributed by atoms with van der Waals surface area (Å²) in [5.74, 6) is 0. The Morgan fingerprint density at radius 3 is 1.47 bits per heavy atom. The smallest absolute Gasteiger partial charge is 0.0210 e. The van der Waals surface area contributed by atoms with E-state index in [2.05, 4.69) is 68.3 Å². The van der Waals surface area contributed by atoms with Gasteiger partial charge >= 0.3 is 0 Å². The van der Waals surface area contributed by atoms with E-state index in [1.54, 1.807) is 0 Å². The molecule has 0 N–H and O–H groups in total. The average molecular weight is 326 g/mol. The maximum Gasteiger partial charge on any atom is 0.0210 e. The second kappa shape index (κ2) is 4.95. The van der Waals surface area contributed by atoms with Crippen LogP contribution in [0.5, 0.6) is 0 Å². The molecule has 0 aliphatic carbocycles. The van der Waals surface area contributed by atoms with E-state index in [0.29, 0.717) is 0 Å². The molecule has 0 saturated carbocycles. The summed E-state index contributed by atoms with van der Waals surface area (Å²) in [4.78, 5) is 0. The lowest BCUT2D eigenvalue weighted by Gasteiger charge is -2.06. The Hall–Kier alpha value is -0.600. The van der Waals surface area contributed by atoms with E-state index >= 15 is 0 Å². The SMILES string of the molecule is Brc1ccccc1Cc1ccccc1Br. The summed E-state index contributed by atoms with van der Waals surface area (Å²) in [5.41, 5.74) is 2.62. The summed E-state index contributed by atoms with van der Waals surface area (Å²) in [7, 11) is 0. The Bertz CT molecular complexity index is 420. The minimum atomic E-state index is 0.947. The summed E-state index contributed by atoms with van der Waals surface area (Å²) in [6.07, 6.45) is 0.947. The summed E-state index contributed by atoms with van der Waals surface area (Å²) in [6.45, 7) is 0. The minimum absolute atomic E-state index is 0.947. The quantitative estimate of drug-likeness (QED) is 0.743. The fourth-order valence-electron chi connectivity index (χ4n) is 1.49. The Labute approximate surface area is 107 Å². The third-order valence-electron chi connectivity index (χ3n) is 2.30. The van der Waals surface area contributed by atoms with Gasteiger partial charge in [0.2, 0.25) is 0 Å². The Morgan fingerprint density at radius 2 is 1.07 bits per heavy atom. The number of benzene rings is 2. The largest absolute Gasteiger partial charge is 0.0619 e. The second-order valence-corrected chi connectivity index (χ2v) is 5.07. The lowest BCUT2D eigenvalue weighted by molar-refractivity contribution is 1.17. The highest BCUT2D eigenvalue weighted by molar-refractivity contribution is 9.10. The monoisotopic (exact) mass is 324 g/mol. The van der Waals surface area contributed by atoms with Crippen molar-refractivity contribution in [2.24, 2.45) is 0 Å². The molecule has 0 aliphatic heterocycles. The van der Waals surface area contributed by atoms with Crippen LogP contribution in [-0.2, 0) is 6.42 Å². The first-order valence-electron chi connectivity index (χ1n) is 4.74. The molecule has 2 aromatic rings. The number of hydrogen-bond donors (Lipinski definition) is 0. The maximum atomic E-state index is 3.56. The number of rotatable bonds is 2. The highest BCUT2D eigenvalue weighted by Gasteiger charge is 2.02. The van der Waals surface area contributed by atoms with Gasteiger partial charge < -0.3 is 0 Å². The molecule has 0 amide bonds. The Balaban J connectivity index is 2.30. The molecular formula is C13H10Br2. The highest BCUT2D eigenvalue weighted by Crippen LogP contribution is 2.23. The molecule has 2 rings (SSSR count). The van der Waals surface area contributed by atoms with Gasteiger partial charge in [0.05, 0.1) is 0 Å². The minimum Gasteiger partial charge on any atom is -0.0619 e. The molecule has 76 valence electrons. The van der Waals surface area contributed by atoms with Crippen LogP contribution >= 0.6 is 31.9 Å². The van der Waals surface area contributed by atoms with E-state index in [-0.39, 0.29) is 0 Å². The number of hydrogen-bond acceptors (Lipinski definition) is 0. The molecule has 0 radical (unpaired) electrons. The van der Waals surface area contributed by atoms with Gasteiger partial charge in [0.15, 0.2) is 0 Å².